The molecule has 9 heteroatoms. The summed E-state index contributed by atoms with van der Waals surface area (Å²) in [6.45, 7) is 6.56. The summed E-state index contributed by atoms with van der Waals surface area (Å²) < 4.78 is 27.6. The fourth-order valence-electron chi connectivity index (χ4n) is 5.15. The van der Waals surface area contributed by atoms with Gasteiger partial charge in [-0.3, -0.25) is 9.59 Å². The quantitative estimate of drug-likeness (QED) is 0.0984. The average Bonchev–Trinajstić information content (AvgIpc) is 3.07. The molecule has 0 N–H and O–H groups in total. The lowest BCUT2D eigenvalue weighted by atomic mass is 10.0. The summed E-state index contributed by atoms with van der Waals surface area (Å²) in [5.41, 5.74) is 2.29. The molecule has 248 valence electrons. The van der Waals surface area contributed by atoms with Gasteiger partial charge in [-0.2, -0.15) is 5.10 Å². The average molecular weight is 625 g/mol. The van der Waals surface area contributed by atoms with Gasteiger partial charge in [0.1, 0.15) is 19.0 Å². The van der Waals surface area contributed by atoms with Crippen LogP contribution < -0.4 is 14.2 Å². The van der Waals surface area contributed by atoms with Crippen molar-refractivity contribution in [3.8, 4) is 17.2 Å². The van der Waals surface area contributed by atoms with Gasteiger partial charge in [0.05, 0.1) is 32.6 Å². The monoisotopic (exact) mass is 624 g/mol. The topological polar surface area (TPSA) is 95.9 Å². The highest BCUT2D eigenvalue weighted by Crippen LogP contribution is 2.30. The Hall–Kier alpha value is -3.59. The van der Waals surface area contributed by atoms with Crippen molar-refractivity contribution in [1.29, 1.82) is 0 Å². The molecule has 0 bridgehead atoms. The number of nitrogens with zero attached hydrogens (tertiary/aromatic N) is 2. The molecular formula is C36H52N2O7. The van der Waals surface area contributed by atoms with Gasteiger partial charge < -0.3 is 23.7 Å². The number of rotatable bonds is 22. The van der Waals surface area contributed by atoms with Gasteiger partial charge in [0.15, 0.2) is 11.5 Å². The highest BCUT2D eigenvalue weighted by Gasteiger charge is 2.21. The van der Waals surface area contributed by atoms with Gasteiger partial charge in [0.25, 0.3) is 5.91 Å². The third-order valence-electron chi connectivity index (χ3n) is 7.63. The van der Waals surface area contributed by atoms with E-state index in [4.69, 9.17) is 23.7 Å². The third-order valence-corrected chi connectivity index (χ3v) is 7.63. The molecule has 3 rings (SSSR count). The van der Waals surface area contributed by atoms with Gasteiger partial charge >= 0.3 is 5.97 Å². The second kappa shape index (κ2) is 21.2. The Morgan fingerprint density at radius 2 is 1.51 bits per heavy atom. The maximum atomic E-state index is 13.2. The molecule has 0 unspecified atom stereocenters. The van der Waals surface area contributed by atoms with E-state index >= 15 is 0 Å². The summed E-state index contributed by atoms with van der Waals surface area (Å²) in [6.07, 6.45) is 13.1. The van der Waals surface area contributed by atoms with E-state index in [2.05, 4.69) is 12.0 Å². The van der Waals surface area contributed by atoms with Crippen molar-refractivity contribution in [3.63, 3.8) is 0 Å². The molecule has 1 amide bonds. The molecular weight excluding hydrogens is 572 g/mol. The number of amides is 1. The molecule has 2 aromatic carbocycles. The number of esters is 1. The van der Waals surface area contributed by atoms with Crippen molar-refractivity contribution in [3.05, 3.63) is 53.6 Å². The largest absolute Gasteiger partial charge is 0.493 e. The molecule has 0 aromatic heterocycles. The molecule has 1 aliphatic rings. The Labute approximate surface area is 269 Å². The van der Waals surface area contributed by atoms with Gasteiger partial charge in [-0.05, 0) is 68.7 Å². The minimum Gasteiger partial charge on any atom is -0.493 e. The molecule has 0 atom stereocenters. The Bertz CT molecular complexity index is 1180. The zero-order valence-corrected chi connectivity index (χ0v) is 27.5. The van der Waals surface area contributed by atoms with Crippen molar-refractivity contribution in [2.75, 3.05) is 46.7 Å². The summed E-state index contributed by atoms with van der Waals surface area (Å²) >= 11 is 0. The van der Waals surface area contributed by atoms with Crippen LogP contribution in [-0.4, -0.2) is 69.3 Å². The van der Waals surface area contributed by atoms with E-state index in [0.29, 0.717) is 62.2 Å². The van der Waals surface area contributed by atoms with Crippen LogP contribution in [-0.2, 0) is 14.3 Å². The number of hydrazone groups is 1. The third kappa shape index (κ3) is 13.1. The molecule has 0 radical (unpaired) electrons. The molecule has 45 heavy (non-hydrogen) atoms. The Morgan fingerprint density at radius 1 is 0.800 bits per heavy atom. The smallest absolute Gasteiger partial charge is 0.305 e. The summed E-state index contributed by atoms with van der Waals surface area (Å²) in [5, 5.41) is 6.19. The van der Waals surface area contributed by atoms with E-state index in [0.717, 1.165) is 37.0 Å². The van der Waals surface area contributed by atoms with E-state index in [-0.39, 0.29) is 18.5 Å². The number of ether oxygens (including phenoxy) is 5. The van der Waals surface area contributed by atoms with Crippen molar-refractivity contribution >= 4 is 17.6 Å². The van der Waals surface area contributed by atoms with Crippen LogP contribution in [0.4, 0.5) is 0 Å². The van der Waals surface area contributed by atoms with Crippen LogP contribution in [0.5, 0.6) is 17.2 Å². The highest BCUT2D eigenvalue weighted by atomic mass is 16.6. The normalized spacial score (nSPS) is 12.9. The zero-order chi connectivity index (χ0) is 32.1. The lowest BCUT2D eigenvalue weighted by molar-refractivity contribution is -0.145. The maximum absolute atomic E-state index is 13.2. The molecule has 0 saturated heterocycles. The van der Waals surface area contributed by atoms with Crippen LogP contribution in [0.15, 0.2) is 47.6 Å². The number of hydrogen-bond acceptors (Lipinski definition) is 8. The molecule has 0 fully saturated rings. The van der Waals surface area contributed by atoms with Gasteiger partial charge in [-0.1, -0.05) is 58.3 Å². The Balaban J connectivity index is 1.30. The van der Waals surface area contributed by atoms with Gasteiger partial charge in [0, 0.05) is 24.1 Å². The van der Waals surface area contributed by atoms with Crippen LogP contribution in [0, 0.1) is 0 Å². The Kier molecular flexibility index (Phi) is 16.9. The molecule has 1 aliphatic heterocycles. The van der Waals surface area contributed by atoms with Gasteiger partial charge in [-0.25, -0.2) is 5.01 Å². The molecule has 0 aliphatic carbocycles. The minimum absolute atomic E-state index is 0.157. The lowest BCUT2D eigenvalue weighted by Gasteiger charge is -2.24. The SMILES string of the molecule is CCCCCCCCCCCC(=O)OCCOCCOc1ccc(C(=O)N2CCCC(c3ccc(OC)c(OCC)c3)=N2)cc1. The fourth-order valence-corrected chi connectivity index (χ4v) is 5.15. The van der Waals surface area contributed by atoms with E-state index in [1.807, 2.05) is 25.1 Å². The number of methoxy groups -OCH3 is 1. The van der Waals surface area contributed by atoms with Gasteiger partial charge in [0.2, 0.25) is 0 Å². The van der Waals surface area contributed by atoms with Crippen LogP contribution in [0.3, 0.4) is 0 Å². The van der Waals surface area contributed by atoms with E-state index in [1.165, 1.54) is 50.0 Å². The van der Waals surface area contributed by atoms with Crippen LogP contribution in [0.2, 0.25) is 0 Å². The Morgan fingerprint density at radius 3 is 2.22 bits per heavy atom. The van der Waals surface area contributed by atoms with E-state index in [1.54, 1.807) is 31.4 Å². The number of carbonyl (C=O) groups is 2. The maximum Gasteiger partial charge on any atom is 0.305 e. The first-order valence-corrected chi connectivity index (χ1v) is 16.7. The van der Waals surface area contributed by atoms with E-state index in [9.17, 15) is 9.59 Å². The highest BCUT2D eigenvalue weighted by molar-refractivity contribution is 6.03. The van der Waals surface area contributed by atoms with E-state index < -0.39 is 0 Å². The summed E-state index contributed by atoms with van der Waals surface area (Å²) in [4.78, 5) is 25.1. The number of unbranched alkanes of at least 4 members (excludes halogenated alkanes) is 8. The van der Waals surface area contributed by atoms with Gasteiger partial charge in [-0.15, -0.1) is 0 Å². The summed E-state index contributed by atoms with van der Waals surface area (Å²) in [6, 6.07) is 12.8. The zero-order valence-electron chi connectivity index (χ0n) is 27.5. The first-order chi connectivity index (χ1) is 22.0. The predicted octanol–water partition coefficient (Wildman–Crippen LogP) is 7.59. The second-order valence-electron chi connectivity index (χ2n) is 11.2. The number of hydrogen-bond donors (Lipinski definition) is 0. The standard InChI is InChI=1S/C36H52N2O7/c1-4-6-7-8-9-10-11-12-13-16-35(39)45-27-25-42-24-26-44-31-20-17-29(18-21-31)36(40)38-23-14-15-32(37-38)30-19-22-33(41-3)34(28-30)43-5-2/h17-22,28H,4-16,23-27H2,1-3H3. The van der Waals surface area contributed by atoms with Crippen molar-refractivity contribution < 1.29 is 33.3 Å². The lowest BCUT2D eigenvalue weighted by Crippen LogP contribution is -2.32. The van der Waals surface area contributed by atoms with Crippen molar-refractivity contribution in [2.45, 2.75) is 90.9 Å². The molecule has 0 saturated carbocycles. The predicted molar refractivity (Wildman–Crippen MR) is 177 cm³/mol. The molecule has 2 aromatic rings. The van der Waals surface area contributed by atoms with Crippen LogP contribution in [0.25, 0.3) is 0 Å². The molecule has 1 heterocycles. The van der Waals surface area contributed by atoms with Crippen LogP contribution in [0.1, 0.15) is 107 Å². The number of carbonyl (C=O) groups excluding carboxylic acids is 2. The minimum atomic E-state index is -0.159. The molecule has 0 spiro atoms. The first-order valence-electron chi connectivity index (χ1n) is 16.7. The second-order valence-corrected chi connectivity index (χ2v) is 11.2. The molecule has 9 nitrogen and oxygen atoms in total. The number of benzene rings is 2. The van der Waals surface area contributed by atoms with Crippen molar-refractivity contribution in [2.24, 2.45) is 5.10 Å². The van der Waals surface area contributed by atoms with Crippen molar-refractivity contribution in [1.82, 2.24) is 5.01 Å². The fraction of sp³-hybridized carbons (Fsp3) is 0.583. The summed E-state index contributed by atoms with van der Waals surface area (Å²) in [7, 11) is 1.61. The summed E-state index contributed by atoms with van der Waals surface area (Å²) in [5.74, 6) is 1.65. The van der Waals surface area contributed by atoms with Crippen LogP contribution >= 0.6 is 0 Å². The first kappa shape index (κ1) is 35.9.